The number of thiocarbonyl (C=S) groups is 1. The average Bonchev–Trinajstić information content (AvgIpc) is 2.79. The van der Waals surface area contributed by atoms with Crippen LogP contribution in [-0.2, 0) is 21.2 Å². The van der Waals surface area contributed by atoms with E-state index in [1.54, 1.807) is 12.1 Å². The summed E-state index contributed by atoms with van der Waals surface area (Å²) < 4.78 is 34.3. The van der Waals surface area contributed by atoms with Crippen molar-refractivity contribution in [3.8, 4) is 5.75 Å². The normalized spacial score (nSPS) is 14.5. The number of rotatable bonds is 8. The summed E-state index contributed by atoms with van der Waals surface area (Å²) in [5, 5.41) is 5.52. The van der Waals surface area contributed by atoms with Crippen molar-refractivity contribution >= 4 is 54.9 Å². The number of anilines is 1. The molecular weight excluding hydrogens is 526 g/mol. The van der Waals surface area contributed by atoms with E-state index in [4.69, 9.17) is 17.0 Å². The van der Waals surface area contributed by atoms with Crippen LogP contribution in [0.5, 0.6) is 5.75 Å². The Labute approximate surface area is 208 Å². The summed E-state index contributed by atoms with van der Waals surface area (Å²) in [6, 6.07) is 11.9. The zero-order valence-electron chi connectivity index (χ0n) is 18.4. The van der Waals surface area contributed by atoms with Crippen LogP contribution in [0.2, 0.25) is 0 Å². The molecule has 0 atom stereocenters. The Bertz CT molecular complexity index is 1090. The van der Waals surface area contributed by atoms with Crippen molar-refractivity contribution in [1.29, 1.82) is 0 Å². The lowest BCUT2D eigenvalue weighted by Crippen LogP contribution is -2.37. The van der Waals surface area contributed by atoms with E-state index >= 15 is 0 Å². The van der Waals surface area contributed by atoms with Crippen molar-refractivity contribution in [2.75, 3.05) is 11.9 Å². The van der Waals surface area contributed by atoms with Gasteiger partial charge >= 0.3 is 0 Å². The largest absolute Gasteiger partial charge is 0.483 e. The summed E-state index contributed by atoms with van der Waals surface area (Å²) in [4.78, 5) is 12.4. The number of ether oxygens (including phenoxy) is 1. The van der Waals surface area contributed by atoms with Crippen molar-refractivity contribution in [3.63, 3.8) is 0 Å². The van der Waals surface area contributed by atoms with Crippen molar-refractivity contribution in [3.05, 3.63) is 52.5 Å². The molecule has 33 heavy (non-hydrogen) atoms. The molecular formula is C23H28BrN3O4S2. The molecule has 3 rings (SSSR count). The Morgan fingerprint density at radius 2 is 1.82 bits per heavy atom. The van der Waals surface area contributed by atoms with Gasteiger partial charge in [-0.15, -0.1) is 0 Å². The highest BCUT2D eigenvalue weighted by Crippen LogP contribution is 2.26. The molecule has 178 valence electrons. The van der Waals surface area contributed by atoms with Gasteiger partial charge in [0, 0.05) is 11.7 Å². The van der Waals surface area contributed by atoms with Crippen molar-refractivity contribution in [2.24, 2.45) is 0 Å². The maximum absolute atomic E-state index is 12.6. The number of carbonyl (C=O) groups is 1. The van der Waals surface area contributed by atoms with Crippen LogP contribution in [-0.4, -0.2) is 32.1 Å². The number of amides is 1. The summed E-state index contributed by atoms with van der Waals surface area (Å²) in [5.74, 6) is 0.162. The zero-order chi connectivity index (χ0) is 23.8. The highest BCUT2D eigenvalue weighted by atomic mass is 79.9. The fraction of sp³-hybridized carbons (Fsp3) is 0.391. The molecule has 2 aromatic carbocycles. The zero-order valence-corrected chi connectivity index (χ0v) is 21.6. The first-order valence-corrected chi connectivity index (χ1v) is 13.6. The van der Waals surface area contributed by atoms with Gasteiger partial charge in [-0.3, -0.25) is 10.1 Å². The second-order valence-electron chi connectivity index (χ2n) is 7.89. The minimum Gasteiger partial charge on any atom is -0.483 e. The fourth-order valence-corrected chi connectivity index (χ4v) is 5.65. The van der Waals surface area contributed by atoms with E-state index in [1.807, 2.05) is 18.2 Å². The molecule has 0 aromatic heterocycles. The number of hydrogen-bond acceptors (Lipinski definition) is 5. The van der Waals surface area contributed by atoms with E-state index in [9.17, 15) is 13.2 Å². The molecule has 1 fully saturated rings. The Kier molecular flexibility index (Phi) is 9.25. The lowest BCUT2D eigenvalue weighted by atomic mass is 9.96. The van der Waals surface area contributed by atoms with Gasteiger partial charge in [0.1, 0.15) is 5.75 Å². The highest BCUT2D eigenvalue weighted by Gasteiger charge is 2.21. The maximum atomic E-state index is 12.6. The van der Waals surface area contributed by atoms with Crippen molar-refractivity contribution in [1.82, 2.24) is 10.0 Å². The molecule has 0 aliphatic heterocycles. The molecule has 0 heterocycles. The molecule has 0 unspecified atom stereocenters. The second-order valence-corrected chi connectivity index (χ2v) is 10.9. The number of aryl methyl sites for hydroxylation is 1. The molecule has 1 amide bonds. The van der Waals surface area contributed by atoms with Gasteiger partial charge < -0.3 is 10.1 Å². The molecule has 10 heteroatoms. The third kappa shape index (κ3) is 7.77. The molecule has 0 spiro atoms. The average molecular weight is 555 g/mol. The van der Waals surface area contributed by atoms with Gasteiger partial charge in [0.05, 0.1) is 9.37 Å². The predicted octanol–water partition coefficient (Wildman–Crippen LogP) is 4.51. The molecule has 3 N–H and O–H groups in total. The fourth-order valence-electron chi connectivity index (χ4n) is 3.57. The van der Waals surface area contributed by atoms with E-state index in [0.717, 1.165) is 48.6 Å². The van der Waals surface area contributed by atoms with Crippen LogP contribution < -0.4 is 20.1 Å². The van der Waals surface area contributed by atoms with Crippen LogP contribution in [0.3, 0.4) is 0 Å². The van der Waals surface area contributed by atoms with Crippen LogP contribution in [0.25, 0.3) is 0 Å². The summed E-state index contributed by atoms with van der Waals surface area (Å²) in [5.41, 5.74) is 1.73. The predicted molar refractivity (Wildman–Crippen MR) is 137 cm³/mol. The van der Waals surface area contributed by atoms with Crippen LogP contribution in [0, 0.1) is 0 Å². The summed E-state index contributed by atoms with van der Waals surface area (Å²) in [6.07, 6.45) is 5.91. The molecule has 1 aliphatic carbocycles. The van der Waals surface area contributed by atoms with Crippen molar-refractivity contribution < 1.29 is 17.9 Å². The lowest BCUT2D eigenvalue weighted by Gasteiger charge is -2.22. The molecule has 0 bridgehead atoms. The van der Waals surface area contributed by atoms with Gasteiger partial charge in [-0.2, -0.15) is 0 Å². The summed E-state index contributed by atoms with van der Waals surface area (Å²) in [6.45, 7) is 1.86. The topological polar surface area (TPSA) is 96.5 Å². The van der Waals surface area contributed by atoms with Gasteiger partial charge in [0.15, 0.2) is 11.7 Å². The van der Waals surface area contributed by atoms with Crippen LogP contribution in [0.4, 0.5) is 5.69 Å². The maximum Gasteiger partial charge on any atom is 0.264 e. The van der Waals surface area contributed by atoms with E-state index in [2.05, 4.69) is 38.2 Å². The first kappa shape index (κ1) is 25.6. The van der Waals surface area contributed by atoms with Crippen LogP contribution in [0.1, 0.15) is 44.6 Å². The number of benzene rings is 2. The molecule has 1 saturated carbocycles. The van der Waals surface area contributed by atoms with E-state index in [-0.39, 0.29) is 22.7 Å². The first-order valence-electron chi connectivity index (χ1n) is 10.9. The number of halogens is 1. The Morgan fingerprint density at radius 3 is 2.45 bits per heavy atom. The van der Waals surface area contributed by atoms with E-state index in [0.29, 0.717) is 11.4 Å². The smallest absolute Gasteiger partial charge is 0.264 e. The van der Waals surface area contributed by atoms with Crippen LogP contribution >= 0.6 is 28.1 Å². The van der Waals surface area contributed by atoms with Gasteiger partial charge in [0.2, 0.25) is 10.0 Å². The van der Waals surface area contributed by atoms with Crippen molar-refractivity contribution in [2.45, 2.75) is 56.4 Å². The molecule has 7 nitrogen and oxygen atoms in total. The number of carbonyl (C=O) groups excluding carboxylic acids is 1. The molecule has 0 radical (unpaired) electrons. The molecule has 1 aliphatic rings. The highest BCUT2D eigenvalue weighted by molar-refractivity contribution is 9.10. The third-order valence-electron chi connectivity index (χ3n) is 5.37. The molecule has 0 saturated heterocycles. The van der Waals surface area contributed by atoms with Crippen LogP contribution in [0.15, 0.2) is 51.8 Å². The third-order valence-corrected chi connectivity index (χ3v) is 7.73. The standard InChI is InChI=1S/C23H28BrN3O4S2/c1-2-16-8-13-21(20(24)14-16)31-15-22(28)26-23(32)25-17-9-11-19(12-10-17)33(29,30)27-18-6-4-3-5-7-18/h8-14,18,27H,2-7,15H2,1H3,(H2,25,26,28,32). The second kappa shape index (κ2) is 11.9. The number of hydrogen-bond donors (Lipinski definition) is 3. The Balaban J connectivity index is 1.48. The first-order chi connectivity index (χ1) is 15.8. The van der Waals surface area contributed by atoms with Gasteiger partial charge in [-0.1, -0.05) is 32.3 Å². The minimum atomic E-state index is -3.57. The quantitative estimate of drug-likeness (QED) is 0.416. The minimum absolute atomic E-state index is 0.00299. The van der Waals surface area contributed by atoms with Gasteiger partial charge in [-0.25, -0.2) is 13.1 Å². The lowest BCUT2D eigenvalue weighted by molar-refractivity contribution is -0.121. The van der Waals surface area contributed by atoms with E-state index in [1.165, 1.54) is 12.1 Å². The SMILES string of the molecule is CCc1ccc(OCC(=O)NC(=S)Nc2ccc(S(=O)(=O)NC3CCCCC3)cc2)c(Br)c1. The number of sulfonamides is 1. The number of nitrogens with one attached hydrogen (secondary N) is 3. The van der Waals surface area contributed by atoms with Gasteiger partial charge in [0.25, 0.3) is 5.91 Å². The summed E-state index contributed by atoms with van der Waals surface area (Å²) in [7, 11) is -3.57. The monoisotopic (exact) mass is 553 g/mol. The van der Waals surface area contributed by atoms with Gasteiger partial charge in [-0.05, 0) is 89.4 Å². The Hall–Kier alpha value is -2.01. The summed E-state index contributed by atoms with van der Waals surface area (Å²) >= 11 is 8.62. The molecule has 2 aromatic rings. The van der Waals surface area contributed by atoms with E-state index < -0.39 is 15.9 Å². The Morgan fingerprint density at radius 1 is 1.12 bits per heavy atom.